The van der Waals surface area contributed by atoms with Gasteiger partial charge >= 0.3 is 0 Å². The summed E-state index contributed by atoms with van der Waals surface area (Å²) in [5.74, 6) is 0.217. The Morgan fingerprint density at radius 1 is 1.06 bits per heavy atom. The Labute approximate surface area is 198 Å². The van der Waals surface area contributed by atoms with Crippen LogP contribution < -0.4 is 5.32 Å². The molecule has 0 radical (unpaired) electrons. The van der Waals surface area contributed by atoms with Gasteiger partial charge < -0.3 is 5.32 Å². The number of hydrogen-bond donors (Lipinski definition) is 1. The number of nitro groups is 1. The quantitative estimate of drug-likeness (QED) is 0.212. The van der Waals surface area contributed by atoms with Gasteiger partial charge in [0.2, 0.25) is 5.91 Å². The lowest BCUT2D eigenvalue weighted by molar-refractivity contribution is -0.383. The van der Waals surface area contributed by atoms with Crippen molar-refractivity contribution in [2.45, 2.75) is 12.1 Å². The Kier molecular flexibility index (Phi) is 6.71. The van der Waals surface area contributed by atoms with E-state index in [4.69, 9.17) is 11.6 Å². The van der Waals surface area contributed by atoms with Crippen LogP contribution in [-0.2, 0) is 4.79 Å². The molecule has 33 heavy (non-hydrogen) atoms. The van der Waals surface area contributed by atoms with Gasteiger partial charge in [-0.15, -0.1) is 10.2 Å². The van der Waals surface area contributed by atoms with Gasteiger partial charge in [0.25, 0.3) is 5.69 Å². The Bertz CT molecular complexity index is 1310. The van der Waals surface area contributed by atoms with E-state index in [1.165, 1.54) is 23.9 Å². The smallest absolute Gasteiger partial charge is 0.292 e. The van der Waals surface area contributed by atoms with Gasteiger partial charge in [0.05, 0.1) is 10.7 Å². The average Bonchev–Trinajstić information content (AvgIpc) is 3.23. The summed E-state index contributed by atoms with van der Waals surface area (Å²) in [6.07, 6.45) is 0. The first-order valence-electron chi connectivity index (χ1n) is 9.87. The number of carbonyl (C=O) groups excluding carboxylic acids is 1. The van der Waals surface area contributed by atoms with E-state index >= 15 is 0 Å². The molecule has 4 rings (SSSR count). The van der Waals surface area contributed by atoms with Crippen molar-refractivity contribution in [1.29, 1.82) is 0 Å². The second kappa shape index (κ2) is 9.85. The van der Waals surface area contributed by atoms with Crippen LogP contribution in [0.15, 0.2) is 78.0 Å². The first kappa shape index (κ1) is 22.5. The summed E-state index contributed by atoms with van der Waals surface area (Å²) in [4.78, 5) is 23.2. The molecule has 0 spiro atoms. The number of amides is 1. The molecule has 0 aliphatic rings. The van der Waals surface area contributed by atoms with Gasteiger partial charge in [0.15, 0.2) is 11.0 Å². The minimum Gasteiger partial charge on any atom is -0.320 e. The molecule has 4 aromatic rings. The number of nitro benzene ring substituents is 1. The molecule has 0 aliphatic carbocycles. The van der Waals surface area contributed by atoms with E-state index in [1.807, 2.05) is 47.9 Å². The Morgan fingerprint density at radius 2 is 1.76 bits per heavy atom. The first-order valence-corrected chi connectivity index (χ1v) is 11.2. The predicted octanol–water partition coefficient (Wildman–Crippen LogP) is 5.54. The molecule has 1 aromatic heterocycles. The largest absolute Gasteiger partial charge is 0.320 e. The van der Waals surface area contributed by atoms with Gasteiger partial charge in [-0.05, 0) is 49.4 Å². The number of benzene rings is 3. The summed E-state index contributed by atoms with van der Waals surface area (Å²) in [6.45, 7) is 2.00. The molecule has 8 nitrogen and oxygen atoms in total. The topological polar surface area (TPSA) is 103 Å². The van der Waals surface area contributed by atoms with Crippen LogP contribution >= 0.6 is 23.4 Å². The van der Waals surface area contributed by atoms with Crippen molar-refractivity contribution in [3.05, 3.63) is 93.5 Å². The third-order valence-corrected chi connectivity index (χ3v) is 5.92. The lowest BCUT2D eigenvalue weighted by atomic mass is 10.2. The highest BCUT2D eigenvalue weighted by atomic mass is 35.5. The first-order chi connectivity index (χ1) is 15.9. The minimum absolute atomic E-state index is 0.00331. The minimum atomic E-state index is -0.533. The van der Waals surface area contributed by atoms with Crippen LogP contribution in [0.1, 0.15) is 5.56 Å². The Morgan fingerprint density at radius 3 is 2.45 bits per heavy atom. The van der Waals surface area contributed by atoms with Crippen LogP contribution in [0.2, 0.25) is 5.02 Å². The van der Waals surface area contributed by atoms with Crippen molar-refractivity contribution in [3.63, 3.8) is 0 Å². The lowest BCUT2D eigenvalue weighted by Crippen LogP contribution is -2.15. The number of thioether (sulfide) groups is 1. The van der Waals surface area contributed by atoms with Crippen LogP contribution in [-0.4, -0.2) is 31.3 Å². The number of nitrogens with zero attached hydrogens (tertiary/aromatic N) is 4. The van der Waals surface area contributed by atoms with Gasteiger partial charge in [-0.3, -0.25) is 19.5 Å². The number of rotatable bonds is 7. The van der Waals surface area contributed by atoms with Gasteiger partial charge in [0.1, 0.15) is 5.69 Å². The van der Waals surface area contributed by atoms with E-state index in [0.717, 1.165) is 16.8 Å². The summed E-state index contributed by atoms with van der Waals surface area (Å²) in [5, 5.41) is 23.5. The highest BCUT2D eigenvalue weighted by molar-refractivity contribution is 7.99. The zero-order valence-corrected chi connectivity index (χ0v) is 19.0. The number of aromatic nitrogens is 3. The van der Waals surface area contributed by atoms with E-state index in [9.17, 15) is 14.9 Å². The van der Waals surface area contributed by atoms with E-state index in [2.05, 4.69) is 15.5 Å². The van der Waals surface area contributed by atoms with Crippen LogP contribution in [0.3, 0.4) is 0 Å². The number of para-hydroxylation sites is 2. The number of hydrogen-bond acceptors (Lipinski definition) is 6. The summed E-state index contributed by atoms with van der Waals surface area (Å²) < 4.78 is 1.87. The zero-order valence-electron chi connectivity index (χ0n) is 17.4. The standard InChI is InChI=1S/C23H18ClN5O3S/c1-15-6-12-18(13-7-15)28-22(16-8-10-17(24)11-9-16)26-27-23(28)33-14-21(30)25-19-4-2-3-5-20(19)29(31)32/h2-13H,14H2,1H3,(H,25,30). The fraction of sp³-hybridized carbons (Fsp3) is 0.0870. The van der Waals surface area contributed by atoms with Gasteiger partial charge in [-0.2, -0.15) is 0 Å². The molecular formula is C23H18ClN5O3S. The fourth-order valence-corrected chi connectivity index (χ4v) is 4.01. The zero-order chi connectivity index (χ0) is 23.4. The molecule has 0 fully saturated rings. The second-order valence-electron chi connectivity index (χ2n) is 7.10. The molecule has 166 valence electrons. The fourth-order valence-electron chi connectivity index (χ4n) is 3.13. The highest BCUT2D eigenvalue weighted by Gasteiger charge is 2.19. The van der Waals surface area contributed by atoms with E-state index in [-0.39, 0.29) is 23.0 Å². The maximum Gasteiger partial charge on any atom is 0.292 e. The molecule has 0 unspecified atom stereocenters. The Balaban J connectivity index is 1.60. The molecule has 0 saturated carbocycles. The third kappa shape index (κ3) is 5.21. The summed E-state index contributed by atoms with van der Waals surface area (Å²) >= 11 is 7.21. The van der Waals surface area contributed by atoms with Crippen LogP contribution in [0.25, 0.3) is 17.1 Å². The molecule has 1 N–H and O–H groups in total. The van der Waals surface area contributed by atoms with Crippen LogP contribution in [0.4, 0.5) is 11.4 Å². The normalized spacial score (nSPS) is 10.7. The third-order valence-electron chi connectivity index (χ3n) is 4.74. The average molecular weight is 480 g/mol. The summed E-state index contributed by atoms with van der Waals surface area (Å²) in [6, 6.07) is 21.1. The number of anilines is 1. The van der Waals surface area contributed by atoms with Crippen molar-refractivity contribution in [2.24, 2.45) is 0 Å². The van der Waals surface area contributed by atoms with E-state index in [1.54, 1.807) is 24.3 Å². The van der Waals surface area contributed by atoms with Crippen molar-refractivity contribution < 1.29 is 9.72 Å². The van der Waals surface area contributed by atoms with Gasteiger partial charge in [-0.1, -0.05) is 53.2 Å². The van der Waals surface area contributed by atoms with Gasteiger partial charge in [-0.25, -0.2) is 0 Å². The number of carbonyl (C=O) groups is 1. The molecule has 0 atom stereocenters. The summed E-state index contributed by atoms with van der Waals surface area (Å²) in [5.41, 5.74) is 2.76. The number of aryl methyl sites for hydroxylation is 1. The van der Waals surface area contributed by atoms with Crippen molar-refractivity contribution >= 4 is 40.6 Å². The van der Waals surface area contributed by atoms with Gasteiger partial charge in [0, 0.05) is 22.3 Å². The molecule has 10 heteroatoms. The second-order valence-corrected chi connectivity index (χ2v) is 8.47. The SMILES string of the molecule is Cc1ccc(-n2c(SCC(=O)Nc3ccccc3[N+](=O)[O-])nnc2-c2ccc(Cl)cc2)cc1. The lowest BCUT2D eigenvalue weighted by Gasteiger charge is -2.11. The maximum absolute atomic E-state index is 12.5. The monoisotopic (exact) mass is 479 g/mol. The summed E-state index contributed by atoms with van der Waals surface area (Å²) in [7, 11) is 0. The van der Waals surface area contributed by atoms with Crippen molar-refractivity contribution in [3.8, 4) is 17.1 Å². The molecule has 1 amide bonds. The Hall–Kier alpha value is -3.69. The predicted molar refractivity (Wildman–Crippen MR) is 129 cm³/mol. The number of halogens is 1. The van der Waals surface area contributed by atoms with E-state index < -0.39 is 4.92 Å². The molecule has 1 heterocycles. The maximum atomic E-state index is 12.5. The van der Waals surface area contributed by atoms with Crippen LogP contribution in [0, 0.1) is 17.0 Å². The molecule has 0 bridgehead atoms. The molecule has 0 aliphatic heterocycles. The molecular weight excluding hydrogens is 462 g/mol. The number of nitrogens with one attached hydrogen (secondary N) is 1. The van der Waals surface area contributed by atoms with Crippen molar-refractivity contribution in [2.75, 3.05) is 11.1 Å². The highest BCUT2D eigenvalue weighted by Crippen LogP contribution is 2.29. The van der Waals surface area contributed by atoms with Crippen LogP contribution in [0.5, 0.6) is 0 Å². The van der Waals surface area contributed by atoms with E-state index in [0.29, 0.717) is 16.0 Å². The molecule has 0 saturated heterocycles. The van der Waals surface area contributed by atoms with Crippen molar-refractivity contribution in [1.82, 2.24) is 14.8 Å². The molecule has 3 aromatic carbocycles.